The fraction of sp³-hybridized carbons (Fsp3) is 0.444. The Morgan fingerprint density at radius 2 is 1.77 bits per heavy atom. The Morgan fingerprint density at radius 3 is 2.31 bits per heavy atom. The number of aromatic nitrogens is 2. The van der Waals surface area contributed by atoms with Crippen LogP contribution in [0.15, 0.2) is 52.6 Å². The van der Waals surface area contributed by atoms with Gasteiger partial charge in [0.15, 0.2) is 5.60 Å². The first-order valence-corrected chi connectivity index (χ1v) is 13.4. The summed E-state index contributed by atoms with van der Waals surface area (Å²) in [6.07, 6.45) is 6.30. The zero-order chi connectivity index (χ0) is 28.4. The molecule has 39 heavy (non-hydrogen) atoms. The minimum atomic E-state index is -2.74. The zero-order valence-corrected chi connectivity index (χ0v) is 22.4. The molecule has 0 aliphatic heterocycles. The van der Waals surface area contributed by atoms with Gasteiger partial charge < -0.3 is 24.9 Å². The van der Waals surface area contributed by atoms with Gasteiger partial charge in [-0.15, -0.1) is 11.3 Å². The highest BCUT2D eigenvalue weighted by molar-refractivity contribution is 7.09. The summed E-state index contributed by atoms with van der Waals surface area (Å²) in [6, 6.07) is 11.3. The molecule has 0 radical (unpaired) electrons. The average Bonchev–Trinajstić information content (AvgIpc) is 3.62. The largest absolute Gasteiger partial charge is 0.481 e. The van der Waals surface area contributed by atoms with Crippen LogP contribution in [-0.2, 0) is 33.9 Å². The van der Waals surface area contributed by atoms with E-state index < -0.39 is 36.4 Å². The molecule has 1 fully saturated rings. The van der Waals surface area contributed by atoms with Crippen LogP contribution in [0.2, 0.25) is 0 Å². The van der Waals surface area contributed by atoms with Gasteiger partial charge in [-0.2, -0.15) is 0 Å². The summed E-state index contributed by atoms with van der Waals surface area (Å²) in [4.78, 5) is 38.7. The molecule has 0 unspecified atom stereocenters. The van der Waals surface area contributed by atoms with Crippen LogP contribution >= 0.6 is 11.3 Å². The van der Waals surface area contributed by atoms with Crippen LogP contribution in [-0.4, -0.2) is 65.0 Å². The Hall–Kier alpha value is -3.61. The molecular formula is C27H33N3O8S. The number of hydrogen-bond donors (Lipinski definition) is 4. The number of carbonyl (C=O) groups is 3. The highest BCUT2D eigenvalue weighted by atomic mass is 32.1. The first kappa shape index (κ1) is 29.9. The number of hydrogen-bond acceptors (Lipinski definition) is 9. The molecule has 3 heterocycles. The maximum Gasteiger partial charge on any atom is 0.336 e. The van der Waals surface area contributed by atoms with Crippen molar-refractivity contribution in [2.75, 3.05) is 0 Å². The van der Waals surface area contributed by atoms with Gasteiger partial charge in [-0.05, 0) is 54.8 Å². The van der Waals surface area contributed by atoms with Gasteiger partial charge in [-0.1, -0.05) is 17.6 Å². The first-order valence-electron chi connectivity index (χ1n) is 12.5. The molecule has 2 atom stereocenters. The Kier molecular flexibility index (Phi) is 10.7. The third-order valence-electron chi connectivity index (χ3n) is 6.59. The van der Waals surface area contributed by atoms with E-state index in [0.717, 1.165) is 31.0 Å². The van der Waals surface area contributed by atoms with Crippen LogP contribution in [0, 0.1) is 12.8 Å². The third-order valence-corrected chi connectivity index (χ3v) is 7.45. The van der Waals surface area contributed by atoms with Gasteiger partial charge in [0.25, 0.3) is 0 Å². The molecule has 0 saturated heterocycles. The molecule has 0 amide bonds. The number of thiophene rings is 1. The molecule has 3 aromatic rings. The number of rotatable bonds is 12. The van der Waals surface area contributed by atoms with Crippen molar-refractivity contribution in [1.82, 2.24) is 15.0 Å². The number of pyridine rings is 1. The fourth-order valence-electron chi connectivity index (χ4n) is 4.84. The molecule has 210 valence electrons. The van der Waals surface area contributed by atoms with Crippen LogP contribution in [0.3, 0.4) is 0 Å². The second-order valence-corrected chi connectivity index (χ2v) is 10.7. The number of aliphatic hydroxyl groups is 1. The first-order chi connectivity index (χ1) is 18.6. The number of aliphatic carboxylic acids is 3. The number of nitrogens with zero attached hydrogens (tertiary/aromatic N) is 3. The summed E-state index contributed by atoms with van der Waals surface area (Å²) < 4.78 is 5.50. The van der Waals surface area contributed by atoms with Crippen molar-refractivity contribution in [2.45, 2.75) is 70.2 Å². The summed E-state index contributed by atoms with van der Waals surface area (Å²) >= 11 is 1.85. The van der Waals surface area contributed by atoms with Gasteiger partial charge in [0.05, 0.1) is 18.5 Å². The topological polar surface area (TPSA) is 174 Å². The van der Waals surface area contributed by atoms with Crippen molar-refractivity contribution >= 4 is 29.2 Å². The Morgan fingerprint density at radius 1 is 1.08 bits per heavy atom. The van der Waals surface area contributed by atoms with Crippen molar-refractivity contribution in [3.63, 3.8) is 0 Å². The quantitative estimate of drug-likeness (QED) is 0.255. The SMILES string of the molecule is Cc1cc(C[C@@H]2CCC[C@H]2N(Cc2ccncc2)Cc2cccs2)on1.O=C(O)CC(O)(CC(=O)O)C(=O)O. The van der Waals surface area contributed by atoms with Crippen LogP contribution in [0.25, 0.3) is 0 Å². The molecule has 4 rings (SSSR count). The van der Waals surface area contributed by atoms with Crippen molar-refractivity contribution < 1.29 is 39.3 Å². The molecule has 4 N–H and O–H groups in total. The van der Waals surface area contributed by atoms with Gasteiger partial charge in [-0.25, -0.2) is 4.79 Å². The highest BCUT2D eigenvalue weighted by Gasteiger charge is 2.40. The lowest BCUT2D eigenvalue weighted by molar-refractivity contribution is -0.170. The molecule has 0 bridgehead atoms. The molecule has 1 saturated carbocycles. The number of aryl methyl sites for hydroxylation is 1. The van der Waals surface area contributed by atoms with E-state index in [0.29, 0.717) is 12.0 Å². The van der Waals surface area contributed by atoms with E-state index in [1.54, 1.807) is 0 Å². The Balaban J connectivity index is 0.000000276. The van der Waals surface area contributed by atoms with Crippen molar-refractivity contribution in [1.29, 1.82) is 0 Å². The molecule has 12 heteroatoms. The minimum absolute atomic E-state index is 0.579. The van der Waals surface area contributed by atoms with E-state index in [1.807, 2.05) is 30.7 Å². The number of carboxylic acids is 3. The molecule has 1 aliphatic carbocycles. The van der Waals surface area contributed by atoms with E-state index in [4.69, 9.17) is 24.9 Å². The Bertz CT molecular complexity index is 1200. The van der Waals surface area contributed by atoms with Crippen LogP contribution in [0.1, 0.15) is 54.0 Å². The normalized spacial score (nSPS) is 17.0. The van der Waals surface area contributed by atoms with E-state index in [9.17, 15) is 14.4 Å². The van der Waals surface area contributed by atoms with E-state index >= 15 is 0 Å². The van der Waals surface area contributed by atoms with Gasteiger partial charge >= 0.3 is 17.9 Å². The van der Waals surface area contributed by atoms with Crippen LogP contribution in [0.4, 0.5) is 0 Å². The van der Waals surface area contributed by atoms with Crippen LogP contribution in [0.5, 0.6) is 0 Å². The van der Waals surface area contributed by atoms with E-state index in [1.165, 1.54) is 29.7 Å². The maximum atomic E-state index is 10.3. The fourth-order valence-corrected chi connectivity index (χ4v) is 5.57. The highest BCUT2D eigenvalue weighted by Crippen LogP contribution is 2.35. The van der Waals surface area contributed by atoms with Crippen molar-refractivity contribution in [3.05, 3.63) is 70.0 Å². The maximum absolute atomic E-state index is 10.3. The number of carboxylic acid groups (broad SMARTS) is 3. The molecule has 1 aliphatic rings. The van der Waals surface area contributed by atoms with Gasteiger partial charge in [0.1, 0.15) is 5.76 Å². The predicted molar refractivity (Wildman–Crippen MR) is 141 cm³/mol. The lowest BCUT2D eigenvalue weighted by atomic mass is 9.96. The molecular weight excluding hydrogens is 526 g/mol. The lowest BCUT2D eigenvalue weighted by Gasteiger charge is -2.32. The van der Waals surface area contributed by atoms with Crippen molar-refractivity contribution in [3.8, 4) is 0 Å². The summed E-state index contributed by atoms with van der Waals surface area (Å²) in [5.74, 6) is -3.36. The molecule has 11 nitrogen and oxygen atoms in total. The van der Waals surface area contributed by atoms with Crippen LogP contribution < -0.4 is 0 Å². The van der Waals surface area contributed by atoms with Gasteiger partial charge in [0, 0.05) is 48.9 Å². The molecule has 3 aromatic heterocycles. The lowest BCUT2D eigenvalue weighted by Crippen LogP contribution is -2.42. The summed E-state index contributed by atoms with van der Waals surface area (Å²) in [5, 5.41) is 40.0. The molecule has 0 aromatic carbocycles. The average molecular weight is 560 g/mol. The summed E-state index contributed by atoms with van der Waals surface area (Å²) in [7, 11) is 0. The van der Waals surface area contributed by atoms with Gasteiger partial charge in [0.2, 0.25) is 0 Å². The Labute approximate surface area is 229 Å². The van der Waals surface area contributed by atoms with Crippen molar-refractivity contribution in [2.24, 2.45) is 5.92 Å². The minimum Gasteiger partial charge on any atom is -0.481 e. The van der Waals surface area contributed by atoms with E-state index in [-0.39, 0.29) is 0 Å². The predicted octanol–water partition coefficient (Wildman–Crippen LogP) is 3.60. The third kappa shape index (κ3) is 9.27. The van der Waals surface area contributed by atoms with E-state index in [2.05, 4.69) is 50.8 Å². The standard InChI is InChI=1S/C21H25N3OS.C6H8O7/c1-16-12-19(25-23-16)13-18-4-2-6-21(18)24(15-20-5-3-11-26-20)14-17-7-9-22-10-8-17;7-3(8)1-6(13,5(11)12)2-4(9)10/h3,5,7-12,18,21H,2,4,6,13-15H2,1H3;13H,1-2H2,(H,7,8)(H,9,10)(H,11,12)/t18-,21+;/m0./s1. The smallest absolute Gasteiger partial charge is 0.336 e. The monoisotopic (exact) mass is 559 g/mol. The zero-order valence-electron chi connectivity index (χ0n) is 21.6. The summed E-state index contributed by atoms with van der Waals surface area (Å²) in [6.45, 7) is 3.97. The van der Waals surface area contributed by atoms with Gasteiger partial charge in [-0.3, -0.25) is 19.5 Å². The second kappa shape index (κ2) is 14.0. The molecule has 0 spiro atoms. The second-order valence-electron chi connectivity index (χ2n) is 9.71. The summed E-state index contributed by atoms with van der Waals surface area (Å²) in [5.41, 5.74) is -0.433.